The first-order valence-electron chi connectivity index (χ1n) is 6.00. The average molecular weight is 281 g/mol. The molecule has 0 N–H and O–H groups in total. The van der Waals surface area contributed by atoms with Crippen LogP contribution < -0.4 is 0 Å². The number of sulfonamides is 1. The van der Waals surface area contributed by atoms with Gasteiger partial charge in [-0.2, -0.15) is 0 Å². The largest absolute Gasteiger partial charge is 0.274 e. The number of nitrogens with zero attached hydrogens (tertiary/aromatic N) is 1. The minimum Gasteiger partial charge on any atom is -0.274 e. The van der Waals surface area contributed by atoms with Crippen LogP contribution in [-0.4, -0.2) is 35.8 Å². The Bertz CT molecular complexity index is 477. The van der Waals surface area contributed by atoms with Crippen LogP contribution in [0.2, 0.25) is 0 Å². The van der Waals surface area contributed by atoms with Gasteiger partial charge in [0.05, 0.1) is 5.25 Å². The van der Waals surface area contributed by atoms with E-state index in [1.54, 1.807) is 6.92 Å². The fourth-order valence-electron chi connectivity index (χ4n) is 3.20. The van der Waals surface area contributed by atoms with Crippen molar-refractivity contribution in [3.63, 3.8) is 0 Å². The molecule has 104 valence electrons. The van der Waals surface area contributed by atoms with E-state index in [2.05, 4.69) is 0 Å². The maximum atomic E-state index is 13.7. The smallest absolute Gasteiger partial charge is 0.252 e. The summed E-state index contributed by atoms with van der Waals surface area (Å²) in [5, 5.41) is -1.12. The van der Waals surface area contributed by atoms with Gasteiger partial charge in [-0.05, 0) is 19.3 Å². The van der Waals surface area contributed by atoms with Crippen molar-refractivity contribution in [2.45, 2.75) is 50.8 Å². The standard InChI is InChI=1S/C11H17F2NO3S/c1-6-4-9-7(2)14(8(3)15)18(16,17)10(9)5-11(6,12)13/h6-7,9-10H,4-5H2,1-3H3/t6-,7-,9-,10-/m1/s1. The summed E-state index contributed by atoms with van der Waals surface area (Å²) in [6.07, 6.45) is -0.531. The minimum atomic E-state index is -3.93. The number of rotatable bonds is 0. The topological polar surface area (TPSA) is 54.5 Å². The molecule has 18 heavy (non-hydrogen) atoms. The van der Waals surface area contributed by atoms with Crippen LogP contribution in [0.1, 0.15) is 33.6 Å². The minimum absolute atomic E-state index is 0.141. The molecule has 2 aliphatic rings. The molecule has 1 amide bonds. The van der Waals surface area contributed by atoms with Crippen molar-refractivity contribution in [1.29, 1.82) is 0 Å². The molecule has 4 atom stereocenters. The molecule has 0 radical (unpaired) electrons. The van der Waals surface area contributed by atoms with Gasteiger partial charge in [-0.1, -0.05) is 6.92 Å². The lowest BCUT2D eigenvalue weighted by molar-refractivity contribution is -0.126. The predicted octanol–water partition coefficient (Wildman–Crippen LogP) is 1.62. The highest BCUT2D eigenvalue weighted by molar-refractivity contribution is 7.90. The number of hydrogen-bond donors (Lipinski definition) is 0. The van der Waals surface area contributed by atoms with Crippen LogP contribution in [0.3, 0.4) is 0 Å². The Labute approximate surface area is 105 Å². The monoisotopic (exact) mass is 281 g/mol. The molecule has 1 aliphatic heterocycles. The van der Waals surface area contributed by atoms with Gasteiger partial charge in [-0.3, -0.25) is 4.79 Å². The van der Waals surface area contributed by atoms with Crippen molar-refractivity contribution in [2.24, 2.45) is 11.8 Å². The zero-order chi connectivity index (χ0) is 13.9. The molecule has 2 rings (SSSR count). The van der Waals surface area contributed by atoms with E-state index in [1.165, 1.54) is 6.92 Å². The number of fused-ring (bicyclic) bond motifs is 1. The molecular weight excluding hydrogens is 264 g/mol. The van der Waals surface area contributed by atoms with E-state index in [1.807, 2.05) is 0 Å². The first-order chi connectivity index (χ1) is 8.09. The van der Waals surface area contributed by atoms with Crippen LogP contribution in [0.4, 0.5) is 8.78 Å². The summed E-state index contributed by atoms with van der Waals surface area (Å²) in [5.74, 6) is -4.79. The van der Waals surface area contributed by atoms with Crippen LogP contribution in [0.5, 0.6) is 0 Å². The molecular formula is C11H17F2NO3S. The maximum Gasteiger partial charge on any atom is 0.252 e. The van der Waals surface area contributed by atoms with Gasteiger partial charge in [0.2, 0.25) is 15.9 Å². The SMILES string of the molecule is CC(=O)N1[C@H](C)[C@H]2C[C@@H](C)C(F)(F)C[C@H]2S1(=O)=O. The second-order valence-corrected chi connectivity index (χ2v) is 7.43. The Morgan fingerprint density at radius 1 is 1.33 bits per heavy atom. The first-order valence-corrected chi connectivity index (χ1v) is 7.51. The van der Waals surface area contributed by atoms with Crippen LogP contribution in [0, 0.1) is 11.8 Å². The fourth-order valence-corrected chi connectivity index (χ4v) is 5.69. The van der Waals surface area contributed by atoms with E-state index in [4.69, 9.17) is 0 Å². The zero-order valence-electron chi connectivity index (χ0n) is 10.6. The Kier molecular flexibility index (Phi) is 2.96. The van der Waals surface area contributed by atoms with Crippen LogP contribution in [-0.2, 0) is 14.8 Å². The van der Waals surface area contributed by atoms with Gasteiger partial charge in [0.15, 0.2) is 0 Å². The molecule has 7 heteroatoms. The van der Waals surface area contributed by atoms with Crippen LogP contribution in [0.15, 0.2) is 0 Å². The van der Waals surface area contributed by atoms with Gasteiger partial charge < -0.3 is 0 Å². The lowest BCUT2D eigenvalue weighted by atomic mass is 9.76. The molecule has 0 aromatic heterocycles. The summed E-state index contributed by atoms with van der Waals surface area (Å²) >= 11 is 0. The van der Waals surface area contributed by atoms with Crippen molar-refractivity contribution >= 4 is 15.9 Å². The number of hydrogen-bond acceptors (Lipinski definition) is 3. The number of carbonyl (C=O) groups excluding carboxylic acids is 1. The van der Waals surface area contributed by atoms with Crippen molar-refractivity contribution in [1.82, 2.24) is 4.31 Å². The molecule has 1 aliphatic carbocycles. The molecule has 0 unspecified atom stereocenters. The highest BCUT2D eigenvalue weighted by atomic mass is 32.2. The van der Waals surface area contributed by atoms with Gasteiger partial charge in [0, 0.05) is 25.3 Å². The first kappa shape index (κ1) is 13.7. The van der Waals surface area contributed by atoms with Gasteiger partial charge in [-0.15, -0.1) is 0 Å². The summed E-state index contributed by atoms with van der Waals surface area (Å²) < 4.78 is 52.4. The van der Waals surface area contributed by atoms with Crippen molar-refractivity contribution in [3.8, 4) is 0 Å². The van der Waals surface area contributed by atoms with E-state index >= 15 is 0 Å². The second-order valence-electron chi connectivity index (χ2n) is 5.40. The summed E-state index contributed by atoms with van der Waals surface area (Å²) in [6.45, 7) is 4.22. The number of amides is 1. The van der Waals surface area contributed by atoms with Gasteiger partial charge in [0.1, 0.15) is 0 Å². The molecule has 0 aromatic rings. The van der Waals surface area contributed by atoms with Gasteiger partial charge in [0.25, 0.3) is 5.92 Å². The summed E-state index contributed by atoms with van der Waals surface area (Å²) in [7, 11) is -3.93. The molecule has 0 bridgehead atoms. The number of halogens is 2. The molecule has 1 saturated heterocycles. The molecule has 0 aromatic carbocycles. The Hall–Kier alpha value is -0.720. The number of carbonyl (C=O) groups is 1. The van der Waals surface area contributed by atoms with E-state index in [9.17, 15) is 22.0 Å². The Morgan fingerprint density at radius 3 is 2.39 bits per heavy atom. The fraction of sp³-hybridized carbons (Fsp3) is 0.909. The molecule has 0 spiro atoms. The molecule has 4 nitrogen and oxygen atoms in total. The van der Waals surface area contributed by atoms with E-state index in [-0.39, 0.29) is 12.3 Å². The lowest BCUT2D eigenvalue weighted by Gasteiger charge is -2.35. The lowest BCUT2D eigenvalue weighted by Crippen LogP contribution is -2.43. The average Bonchev–Trinajstić information content (AvgIpc) is 2.36. The van der Waals surface area contributed by atoms with E-state index < -0.39 is 45.5 Å². The zero-order valence-corrected chi connectivity index (χ0v) is 11.4. The van der Waals surface area contributed by atoms with E-state index in [0.717, 1.165) is 11.2 Å². The van der Waals surface area contributed by atoms with Gasteiger partial charge in [-0.25, -0.2) is 21.5 Å². The molecule has 2 fully saturated rings. The summed E-state index contributed by atoms with van der Waals surface area (Å²) in [5.41, 5.74) is 0. The van der Waals surface area contributed by atoms with Gasteiger partial charge >= 0.3 is 0 Å². The molecule has 1 heterocycles. The highest BCUT2D eigenvalue weighted by Crippen LogP contribution is 2.49. The maximum absolute atomic E-state index is 13.7. The second kappa shape index (κ2) is 3.88. The highest BCUT2D eigenvalue weighted by Gasteiger charge is 2.60. The van der Waals surface area contributed by atoms with Crippen molar-refractivity contribution in [2.75, 3.05) is 0 Å². The Morgan fingerprint density at radius 2 is 1.89 bits per heavy atom. The number of alkyl halides is 2. The van der Waals surface area contributed by atoms with Crippen molar-refractivity contribution in [3.05, 3.63) is 0 Å². The molecule has 1 saturated carbocycles. The van der Waals surface area contributed by atoms with E-state index in [0.29, 0.717) is 0 Å². The van der Waals surface area contributed by atoms with Crippen molar-refractivity contribution < 1.29 is 22.0 Å². The summed E-state index contributed by atoms with van der Waals surface area (Å²) in [4.78, 5) is 11.4. The quantitative estimate of drug-likeness (QED) is 0.678. The third-order valence-corrected chi connectivity index (χ3v) is 6.67. The predicted molar refractivity (Wildman–Crippen MR) is 61.5 cm³/mol. The van der Waals surface area contributed by atoms with Crippen LogP contribution >= 0.6 is 0 Å². The third kappa shape index (κ3) is 1.74. The Balaban J connectivity index is 2.43. The normalized spacial score (nSPS) is 41.5. The summed E-state index contributed by atoms with van der Waals surface area (Å²) in [6, 6.07) is -0.518. The van der Waals surface area contributed by atoms with Crippen LogP contribution in [0.25, 0.3) is 0 Å². The third-order valence-electron chi connectivity index (χ3n) is 4.25.